The van der Waals surface area contributed by atoms with Crippen molar-refractivity contribution in [2.24, 2.45) is 5.92 Å². The number of piperidine rings is 1. The topological polar surface area (TPSA) is 142 Å². The fraction of sp³-hybridized carbons (Fsp3) is 0.320. The van der Waals surface area contributed by atoms with Gasteiger partial charge in [0.15, 0.2) is 23.2 Å². The number of nitrogens with one attached hydrogen (secondary N) is 2. The number of aliphatic carboxylic acids is 1. The molecule has 3 amide bonds. The molecule has 15 heteroatoms. The van der Waals surface area contributed by atoms with Gasteiger partial charge < -0.3 is 25.4 Å². The molecule has 214 valence electrons. The molecule has 1 saturated heterocycles. The van der Waals surface area contributed by atoms with Gasteiger partial charge in [-0.3, -0.25) is 24.0 Å². The number of ketones is 1. The summed E-state index contributed by atoms with van der Waals surface area (Å²) in [6, 6.07) is 3.42. The highest BCUT2D eigenvalue weighted by Crippen LogP contribution is 2.26. The van der Waals surface area contributed by atoms with Crippen LogP contribution in [0.4, 0.5) is 27.6 Å². The fourth-order valence-corrected chi connectivity index (χ4v) is 3.86. The molecule has 0 saturated carbocycles. The second-order valence-corrected chi connectivity index (χ2v) is 8.71. The third-order valence-electron chi connectivity index (χ3n) is 5.98. The number of ether oxygens (including phenoxy) is 1. The number of carbonyl (C=O) groups is 5. The predicted molar refractivity (Wildman–Crippen MR) is 125 cm³/mol. The molecular weight excluding hydrogens is 549 g/mol. The molecule has 1 aliphatic rings. The van der Waals surface area contributed by atoms with Crippen molar-refractivity contribution in [2.45, 2.75) is 25.3 Å². The fourth-order valence-electron chi connectivity index (χ4n) is 3.86. The molecule has 0 bridgehead atoms. The molecule has 1 fully saturated rings. The highest BCUT2D eigenvalue weighted by atomic mass is 19.2. The monoisotopic (exact) mass is 571 g/mol. The van der Waals surface area contributed by atoms with Crippen molar-refractivity contribution >= 4 is 35.2 Å². The molecule has 3 N–H and O–H groups in total. The van der Waals surface area contributed by atoms with Crippen LogP contribution in [0.25, 0.3) is 0 Å². The van der Waals surface area contributed by atoms with E-state index in [1.54, 1.807) is 0 Å². The lowest BCUT2D eigenvalue weighted by Crippen LogP contribution is -2.50. The van der Waals surface area contributed by atoms with E-state index >= 15 is 0 Å². The van der Waals surface area contributed by atoms with Gasteiger partial charge in [-0.15, -0.1) is 0 Å². The van der Waals surface area contributed by atoms with Crippen LogP contribution in [0.2, 0.25) is 0 Å². The van der Waals surface area contributed by atoms with Crippen LogP contribution in [0.15, 0.2) is 30.3 Å². The number of carboxylic acids is 1. The van der Waals surface area contributed by atoms with Gasteiger partial charge in [0.05, 0.1) is 12.1 Å². The molecule has 2 aromatic rings. The minimum absolute atomic E-state index is 0.0219. The zero-order valence-corrected chi connectivity index (χ0v) is 20.5. The van der Waals surface area contributed by atoms with Crippen molar-refractivity contribution < 1.29 is 55.8 Å². The van der Waals surface area contributed by atoms with Crippen LogP contribution >= 0.6 is 0 Å². The highest BCUT2D eigenvalue weighted by Gasteiger charge is 2.33. The second-order valence-electron chi connectivity index (χ2n) is 8.71. The van der Waals surface area contributed by atoms with E-state index in [1.807, 2.05) is 0 Å². The minimum atomic E-state index is -1.91. The van der Waals surface area contributed by atoms with Gasteiger partial charge >= 0.3 is 17.8 Å². The maximum Gasteiger partial charge on any atom is 0.313 e. The Morgan fingerprint density at radius 3 is 2.12 bits per heavy atom. The van der Waals surface area contributed by atoms with Gasteiger partial charge in [0.25, 0.3) is 0 Å². The van der Waals surface area contributed by atoms with E-state index in [0.29, 0.717) is 0 Å². The Balaban J connectivity index is 1.56. The number of rotatable bonds is 9. The number of carboxylic acid groups (broad SMARTS) is 1. The molecule has 1 heterocycles. The number of halogens is 5. The Bertz CT molecular complexity index is 1310. The maximum absolute atomic E-state index is 13.8. The van der Waals surface area contributed by atoms with Gasteiger partial charge in [0.2, 0.25) is 17.5 Å². The Labute approximate surface area is 223 Å². The lowest BCUT2D eigenvalue weighted by molar-refractivity contribution is -0.145. The minimum Gasteiger partial charge on any atom is -0.481 e. The van der Waals surface area contributed by atoms with Crippen molar-refractivity contribution in [3.63, 3.8) is 0 Å². The van der Waals surface area contributed by atoms with Gasteiger partial charge in [0, 0.05) is 25.1 Å². The molecule has 0 radical (unpaired) electrons. The van der Waals surface area contributed by atoms with Crippen molar-refractivity contribution in [3.05, 3.63) is 59.4 Å². The smallest absolute Gasteiger partial charge is 0.313 e. The summed E-state index contributed by atoms with van der Waals surface area (Å²) in [5.74, 6) is -16.0. The first kappa shape index (κ1) is 30.0. The van der Waals surface area contributed by atoms with E-state index in [4.69, 9.17) is 5.11 Å². The zero-order chi connectivity index (χ0) is 29.6. The lowest BCUT2D eigenvalue weighted by atomic mass is 9.95. The SMILES string of the molecule is O=C(O)C[C@H](NC(=O)C1CCN(C(=O)C(=O)Nc2ccccc2F)CC1)C(=O)COc1c(F)c(F)cc(F)c1F. The third-order valence-corrected chi connectivity index (χ3v) is 5.98. The highest BCUT2D eigenvalue weighted by molar-refractivity contribution is 6.39. The summed E-state index contributed by atoms with van der Waals surface area (Å²) >= 11 is 0. The molecule has 1 atom stereocenters. The number of Topliss-reactive ketones (excluding diaryl/α,β-unsaturated/α-hetero) is 1. The molecule has 0 spiro atoms. The first-order valence-corrected chi connectivity index (χ1v) is 11.7. The number of amides is 3. The van der Waals surface area contributed by atoms with Crippen LogP contribution in [0.5, 0.6) is 5.75 Å². The first-order chi connectivity index (χ1) is 18.9. The largest absolute Gasteiger partial charge is 0.481 e. The Morgan fingerprint density at radius 1 is 0.950 bits per heavy atom. The number of likely N-dealkylation sites (tertiary alicyclic amines) is 1. The van der Waals surface area contributed by atoms with Crippen LogP contribution in [-0.2, 0) is 24.0 Å². The van der Waals surface area contributed by atoms with E-state index < -0.39 is 89.3 Å². The third kappa shape index (κ3) is 7.30. The first-order valence-electron chi connectivity index (χ1n) is 11.7. The van der Waals surface area contributed by atoms with E-state index in [0.717, 1.165) is 11.0 Å². The van der Waals surface area contributed by atoms with Crippen LogP contribution in [0.1, 0.15) is 19.3 Å². The lowest BCUT2D eigenvalue weighted by Gasteiger charge is -2.31. The number of carbonyl (C=O) groups excluding carboxylic acids is 4. The molecule has 0 aromatic heterocycles. The van der Waals surface area contributed by atoms with E-state index in [1.165, 1.54) is 18.2 Å². The van der Waals surface area contributed by atoms with Crippen molar-refractivity contribution in [1.29, 1.82) is 0 Å². The zero-order valence-electron chi connectivity index (χ0n) is 20.5. The standard InChI is InChI=1S/C25H22F5N3O7/c26-13-3-1-2-4-16(13)31-24(38)25(39)33-7-5-12(6-8-33)23(37)32-17(10-19(35)36)18(34)11-40-22-20(29)14(27)9-15(28)21(22)30/h1-4,9,12,17H,5-8,10-11H2,(H,31,38)(H,32,37)(H,35,36)/t17-/m0/s1. The normalized spacial score (nSPS) is 14.3. The summed E-state index contributed by atoms with van der Waals surface area (Å²) < 4.78 is 72.5. The van der Waals surface area contributed by atoms with E-state index in [2.05, 4.69) is 15.4 Å². The second kappa shape index (κ2) is 13.0. The average Bonchev–Trinajstić information content (AvgIpc) is 2.92. The molecule has 1 aliphatic heterocycles. The Hall–Kier alpha value is -4.56. The molecule has 0 aliphatic carbocycles. The molecule has 2 aromatic carbocycles. The maximum atomic E-state index is 13.8. The van der Waals surface area contributed by atoms with Gasteiger partial charge in [-0.1, -0.05) is 12.1 Å². The molecule has 3 rings (SSSR count). The number of hydrogen-bond acceptors (Lipinski definition) is 6. The van der Waals surface area contributed by atoms with Gasteiger partial charge in [-0.05, 0) is 25.0 Å². The summed E-state index contributed by atoms with van der Waals surface area (Å²) in [4.78, 5) is 62.2. The summed E-state index contributed by atoms with van der Waals surface area (Å²) in [5.41, 5.74) is -0.193. The van der Waals surface area contributed by atoms with Crippen LogP contribution in [0.3, 0.4) is 0 Å². The molecule has 10 nitrogen and oxygen atoms in total. The number of benzene rings is 2. The van der Waals surface area contributed by atoms with E-state index in [-0.39, 0.29) is 37.7 Å². The van der Waals surface area contributed by atoms with Crippen molar-refractivity contribution in [3.8, 4) is 5.75 Å². The number of para-hydroxylation sites is 1. The summed E-state index contributed by atoms with van der Waals surface area (Å²) in [6.45, 7) is -1.35. The molecule has 40 heavy (non-hydrogen) atoms. The van der Waals surface area contributed by atoms with E-state index in [9.17, 15) is 45.9 Å². The number of nitrogens with zero attached hydrogens (tertiary/aromatic N) is 1. The Morgan fingerprint density at radius 2 is 1.55 bits per heavy atom. The van der Waals surface area contributed by atoms with Crippen molar-refractivity contribution in [1.82, 2.24) is 10.2 Å². The summed E-state index contributed by atoms with van der Waals surface area (Å²) in [5, 5.41) is 13.5. The molecule has 0 unspecified atom stereocenters. The molecular formula is C25H22F5N3O7. The number of hydrogen-bond donors (Lipinski definition) is 3. The van der Waals surface area contributed by atoms with Gasteiger partial charge in [0.1, 0.15) is 18.5 Å². The summed E-state index contributed by atoms with van der Waals surface area (Å²) in [6.07, 6.45) is -0.897. The van der Waals surface area contributed by atoms with Crippen LogP contribution < -0.4 is 15.4 Å². The van der Waals surface area contributed by atoms with Crippen LogP contribution in [-0.4, -0.2) is 65.2 Å². The average molecular weight is 571 g/mol. The quantitative estimate of drug-likeness (QED) is 0.238. The number of anilines is 1. The predicted octanol–water partition coefficient (Wildman–Crippen LogP) is 2.17. The van der Waals surface area contributed by atoms with Crippen LogP contribution in [0, 0.1) is 35.0 Å². The Kier molecular flexibility index (Phi) is 9.74. The summed E-state index contributed by atoms with van der Waals surface area (Å²) in [7, 11) is 0. The van der Waals surface area contributed by atoms with Crippen molar-refractivity contribution in [2.75, 3.05) is 25.0 Å². The van der Waals surface area contributed by atoms with Gasteiger partial charge in [-0.25, -0.2) is 13.2 Å². The van der Waals surface area contributed by atoms with Gasteiger partial charge in [-0.2, -0.15) is 8.78 Å².